The Balaban J connectivity index is 2.26. The molecule has 0 aromatic carbocycles. The summed E-state index contributed by atoms with van der Waals surface area (Å²) in [5.41, 5.74) is 1.51. The largest absolute Gasteiger partial charge is 0.130 e. The SMILES string of the molecule is CCCCC1=CSCC=C1. The number of unbranched alkanes of at least 4 members (excludes halogenated alkanes) is 1. The zero-order valence-corrected chi connectivity index (χ0v) is 7.29. The van der Waals surface area contributed by atoms with Gasteiger partial charge in [0.1, 0.15) is 0 Å². The van der Waals surface area contributed by atoms with Gasteiger partial charge in [0.05, 0.1) is 0 Å². The summed E-state index contributed by atoms with van der Waals surface area (Å²) in [5, 5.41) is 2.29. The van der Waals surface area contributed by atoms with Gasteiger partial charge >= 0.3 is 0 Å². The third kappa shape index (κ3) is 2.61. The van der Waals surface area contributed by atoms with Crippen molar-refractivity contribution in [2.45, 2.75) is 26.2 Å². The van der Waals surface area contributed by atoms with Crippen LogP contribution >= 0.6 is 11.8 Å². The van der Waals surface area contributed by atoms with Crippen LogP contribution in [0.2, 0.25) is 0 Å². The Bertz CT molecular complexity index is 145. The van der Waals surface area contributed by atoms with Crippen molar-refractivity contribution >= 4 is 11.8 Å². The molecule has 1 rings (SSSR count). The number of allylic oxidation sites excluding steroid dienone is 2. The smallest absolute Gasteiger partial charge is 0.0158 e. The molecule has 0 atom stereocenters. The van der Waals surface area contributed by atoms with Crippen molar-refractivity contribution in [2.24, 2.45) is 0 Å². The van der Waals surface area contributed by atoms with Gasteiger partial charge in [0, 0.05) is 5.75 Å². The highest BCUT2D eigenvalue weighted by Crippen LogP contribution is 2.18. The van der Waals surface area contributed by atoms with Gasteiger partial charge in [-0.2, -0.15) is 0 Å². The quantitative estimate of drug-likeness (QED) is 0.600. The maximum absolute atomic E-state index is 2.29. The minimum Gasteiger partial charge on any atom is -0.130 e. The molecule has 0 aromatic heterocycles. The molecule has 0 aliphatic carbocycles. The average Bonchev–Trinajstić information content (AvgIpc) is 2.03. The molecule has 1 aliphatic heterocycles. The lowest BCUT2D eigenvalue weighted by molar-refractivity contribution is 0.798. The fourth-order valence-electron chi connectivity index (χ4n) is 0.973. The Labute approximate surface area is 67.4 Å². The molecule has 0 radical (unpaired) electrons. The van der Waals surface area contributed by atoms with Crippen molar-refractivity contribution in [1.29, 1.82) is 0 Å². The Morgan fingerprint density at radius 2 is 2.50 bits per heavy atom. The molecule has 0 unspecified atom stereocenters. The Morgan fingerprint density at radius 1 is 1.60 bits per heavy atom. The van der Waals surface area contributed by atoms with E-state index in [4.69, 9.17) is 0 Å². The Kier molecular flexibility index (Phi) is 3.66. The summed E-state index contributed by atoms with van der Waals surface area (Å²) in [6, 6.07) is 0. The number of rotatable bonds is 3. The van der Waals surface area contributed by atoms with E-state index >= 15 is 0 Å². The van der Waals surface area contributed by atoms with Gasteiger partial charge in [0.15, 0.2) is 0 Å². The zero-order valence-electron chi connectivity index (χ0n) is 6.47. The van der Waals surface area contributed by atoms with E-state index in [0.717, 1.165) is 5.75 Å². The van der Waals surface area contributed by atoms with E-state index in [0.29, 0.717) is 0 Å². The standard InChI is InChI=1S/C9H14S/c1-2-3-5-9-6-4-7-10-8-9/h4,6,8H,2-3,5,7H2,1H3. The normalized spacial score (nSPS) is 17.1. The minimum atomic E-state index is 1.16. The zero-order chi connectivity index (χ0) is 7.23. The molecule has 0 bridgehead atoms. The molecule has 0 saturated carbocycles. The van der Waals surface area contributed by atoms with Gasteiger partial charge in [0.2, 0.25) is 0 Å². The van der Waals surface area contributed by atoms with Crippen molar-refractivity contribution in [3.63, 3.8) is 0 Å². The second-order valence-electron chi connectivity index (χ2n) is 2.53. The molecule has 10 heavy (non-hydrogen) atoms. The summed E-state index contributed by atoms with van der Waals surface area (Å²) in [4.78, 5) is 0. The molecular formula is C9H14S. The average molecular weight is 154 g/mol. The molecule has 0 amide bonds. The summed E-state index contributed by atoms with van der Waals surface area (Å²) < 4.78 is 0. The second-order valence-corrected chi connectivity index (χ2v) is 3.43. The van der Waals surface area contributed by atoms with Crippen molar-refractivity contribution in [1.82, 2.24) is 0 Å². The first-order valence-corrected chi connectivity index (χ1v) is 4.95. The lowest BCUT2D eigenvalue weighted by atomic mass is 10.1. The van der Waals surface area contributed by atoms with Gasteiger partial charge < -0.3 is 0 Å². The van der Waals surface area contributed by atoms with Crippen LogP contribution in [0.4, 0.5) is 0 Å². The predicted molar refractivity (Wildman–Crippen MR) is 49.2 cm³/mol. The van der Waals surface area contributed by atoms with Crippen molar-refractivity contribution in [3.8, 4) is 0 Å². The van der Waals surface area contributed by atoms with E-state index < -0.39 is 0 Å². The molecule has 56 valence electrons. The summed E-state index contributed by atoms with van der Waals surface area (Å²) in [6.07, 6.45) is 8.40. The van der Waals surface area contributed by atoms with Gasteiger partial charge in [-0.25, -0.2) is 0 Å². The maximum atomic E-state index is 2.29. The molecule has 1 aliphatic rings. The van der Waals surface area contributed by atoms with E-state index in [1.807, 2.05) is 11.8 Å². The fourth-order valence-corrected chi connectivity index (χ4v) is 1.69. The summed E-state index contributed by atoms with van der Waals surface area (Å²) in [7, 11) is 0. The topological polar surface area (TPSA) is 0 Å². The highest BCUT2D eigenvalue weighted by molar-refractivity contribution is 8.02. The van der Waals surface area contributed by atoms with Crippen molar-refractivity contribution in [2.75, 3.05) is 5.75 Å². The van der Waals surface area contributed by atoms with Gasteiger partial charge in [-0.05, 0) is 23.8 Å². The summed E-state index contributed by atoms with van der Waals surface area (Å²) in [6.45, 7) is 2.24. The summed E-state index contributed by atoms with van der Waals surface area (Å²) in [5.74, 6) is 1.16. The second kappa shape index (κ2) is 4.62. The molecule has 0 nitrogen and oxygen atoms in total. The molecule has 0 saturated heterocycles. The molecule has 0 N–H and O–H groups in total. The fraction of sp³-hybridized carbons (Fsp3) is 0.556. The lowest BCUT2D eigenvalue weighted by Gasteiger charge is -2.04. The van der Waals surface area contributed by atoms with Crippen LogP contribution < -0.4 is 0 Å². The third-order valence-corrected chi connectivity index (χ3v) is 2.43. The van der Waals surface area contributed by atoms with Crippen molar-refractivity contribution < 1.29 is 0 Å². The highest BCUT2D eigenvalue weighted by atomic mass is 32.2. The monoisotopic (exact) mass is 154 g/mol. The van der Waals surface area contributed by atoms with Gasteiger partial charge in [-0.3, -0.25) is 0 Å². The van der Waals surface area contributed by atoms with E-state index in [1.165, 1.54) is 24.8 Å². The summed E-state index contributed by atoms with van der Waals surface area (Å²) >= 11 is 1.90. The van der Waals surface area contributed by atoms with E-state index in [1.54, 1.807) is 0 Å². The molecular weight excluding hydrogens is 140 g/mol. The van der Waals surface area contributed by atoms with Crippen LogP contribution in [0.25, 0.3) is 0 Å². The van der Waals surface area contributed by atoms with Crippen LogP contribution in [0, 0.1) is 0 Å². The molecule has 0 fully saturated rings. The van der Waals surface area contributed by atoms with Gasteiger partial charge in [-0.15, -0.1) is 11.8 Å². The molecule has 0 spiro atoms. The third-order valence-electron chi connectivity index (χ3n) is 1.58. The van der Waals surface area contributed by atoms with Gasteiger partial charge in [-0.1, -0.05) is 25.5 Å². The molecule has 1 heterocycles. The number of hydrogen-bond donors (Lipinski definition) is 0. The van der Waals surface area contributed by atoms with Crippen molar-refractivity contribution in [3.05, 3.63) is 23.1 Å². The first kappa shape index (κ1) is 7.93. The van der Waals surface area contributed by atoms with E-state index in [-0.39, 0.29) is 0 Å². The first-order chi connectivity index (χ1) is 4.93. The van der Waals surface area contributed by atoms with E-state index in [2.05, 4.69) is 24.5 Å². The highest BCUT2D eigenvalue weighted by Gasteiger charge is 1.95. The Hall–Kier alpha value is -0.170. The van der Waals surface area contributed by atoms with E-state index in [9.17, 15) is 0 Å². The van der Waals surface area contributed by atoms with Crippen LogP contribution in [0.1, 0.15) is 26.2 Å². The number of hydrogen-bond acceptors (Lipinski definition) is 1. The van der Waals surface area contributed by atoms with Crippen LogP contribution in [-0.4, -0.2) is 5.75 Å². The Morgan fingerprint density at radius 3 is 3.10 bits per heavy atom. The van der Waals surface area contributed by atoms with Crippen LogP contribution in [0.5, 0.6) is 0 Å². The van der Waals surface area contributed by atoms with Crippen LogP contribution in [0.15, 0.2) is 23.1 Å². The molecule has 0 aromatic rings. The lowest BCUT2D eigenvalue weighted by Crippen LogP contribution is -1.83. The molecule has 1 heteroatoms. The number of thioether (sulfide) groups is 1. The first-order valence-electron chi connectivity index (χ1n) is 3.90. The van der Waals surface area contributed by atoms with Crippen LogP contribution in [0.3, 0.4) is 0 Å². The van der Waals surface area contributed by atoms with Gasteiger partial charge in [0.25, 0.3) is 0 Å². The minimum absolute atomic E-state index is 1.16. The maximum Gasteiger partial charge on any atom is 0.0158 e. The predicted octanol–water partition coefficient (Wildman–Crippen LogP) is 3.36. The van der Waals surface area contributed by atoms with Crippen LogP contribution in [-0.2, 0) is 0 Å².